The van der Waals surface area contributed by atoms with Crippen molar-refractivity contribution in [3.8, 4) is 33.4 Å². The summed E-state index contributed by atoms with van der Waals surface area (Å²) in [5.74, 6) is -22.3. The molecule has 276 valence electrons. The van der Waals surface area contributed by atoms with E-state index < -0.39 is 78.2 Å². The normalized spacial score (nSPS) is 13.8. The van der Waals surface area contributed by atoms with Crippen LogP contribution in [0.15, 0.2) is 91.0 Å². The lowest BCUT2D eigenvalue weighted by atomic mass is 9.93. The van der Waals surface area contributed by atoms with Gasteiger partial charge in [-0.05, 0) is 50.1 Å². The van der Waals surface area contributed by atoms with E-state index in [4.69, 9.17) is 0 Å². The van der Waals surface area contributed by atoms with Crippen LogP contribution in [-0.2, 0) is 19.3 Å². The Labute approximate surface area is 277 Å². The number of alkyl halides is 17. The smallest absolute Gasteiger partial charge is 0.199 e. The van der Waals surface area contributed by atoms with Crippen molar-refractivity contribution in [3.05, 3.63) is 108 Å². The van der Waals surface area contributed by atoms with Crippen LogP contribution in [0, 0.1) is 0 Å². The maximum absolute atomic E-state index is 13.8. The average Bonchev–Trinajstić information content (AvgIpc) is 2.99. The predicted octanol–water partition coefficient (Wildman–Crippen LogP) is 12.5. The quantitative estimate of drug-likeness (QED) is 0.142. The molecule has 0 unspecified atom stereocenters. The van der Waals surface area contributed by atoms with Crippen LogP contribution < -0.4 is 0 Å². The van der Waals surface area contributed by atoms with Gasteiger partial charge in [0.25, 0.3) is 0 Å². The van der Waals surface area contributed by atoms with Crippen LogP contribution in [0.1, 0.15) is 16.7 Å². The molecule has 0 nitrogen and oxygen atoms in total. The average molecular weight is 753 g/mol. The van der Waals surface area contributed by atoms with E-state index in [1.807, 2.05) is 0 Å². The predicted molar refractivity (Wildman–Crippen MR) is 152 cm³/mol. The number of halogens is 17. The summed E-state index contributed by atoms with van der Waals surface area (Å²) in [6.45, 7) is 0. The number of rotatable bonds is 10. The monoisotopic (exact) mass is 752 g/mol. The zero-order valence-corrected chi connectivity index (χ0v) is 25.2. The molecular formula is C34H21F17. The fraction of sp³-hybridized carbons (Fsp3) is 0.294. The summed E-state index contributed by atoms with van der Waals surface area (Å²) in [5.41, 5.74) is -0.514. The fourth-order valence-corrected chi connectivity index (χ4v) is 4.95. The van der Waals surface area contributed by atoms with E-state index in [-0.39, 0.29) is 11.1 Å². The SMILES string of the molecule is FC(F)(F)C(F)(F)Cc1cc(CC(F)(F)C(F)(F)F)cc(-c2ccc(-c3ccc(-c4ccc(CC(F)(F)C(F)(F)C(F)(F)F)cc4)cc3)cc2)c1. The molecule has 0 atom stereocenters. The molecule has 0 bridgehead atoms. The van der Waals surface area contributed by atoms with Crippen LogP contribution in [0.5, 0.6) is 0 Å². The van der Waals surface area contributed by atoms with Crippen LogP contribution >= 0.6 is 0 Å². The highest BCUT2D eigenvalue weighted by atomic mass is 19.4. The molecule has 0 heterocycles. The third-order valence-electron chi connectivity index (χ3n) is 7.70. The molecule has 0 spiro atoms. The Bertz CT molecular complexity index is 1750. The maximum atomic E-state index is 13.8. The van der Waals surface area contributed by atoms with Gasteiger partial charge in [0.05, 0.1) is 0 Å². The van der Waals surface area contributed by atoms with Gasteiger partial charge in [0.1, 0.15) is 0 Å². The lowest BCUT2D eigenvalue weighted by molar-refractivity contribution is -0.354. The first-order valence-corrected chi connectivity index (χ1v) is 14.3. The summed E-state index contributed by atoms with van der Waals surface area (Å²) >= 11 is 0. The summed E-state index contributed by atoms with van der Waals surface area (Å²) in [6, 6.07) is 18.0. The summed E-state index contributed by atoms with van der Waals surface area (Å²) in [5, 5.41) is 0. The molecule has 51 heavy (non-hydrogen) atoms. The molecular weight excluding hydrogens is 731 g/mol. The molecule has 0 radical (unpaired) electrons. The zero-order valence-electron chi connectivity index (χ0n) is 25.2. The Morgan fingerprint density at radius 2 is 0.549 bits per heavy atom. The van der Waals surface area contributed by atoms with Crippen molar-refractivity contribution in [2.75, 3.05) is 0 Å². The third kappa shape index (κ3) is 8.60. The molecule has 4 aromatic rings. The van der Waals surface area contributed by atoms with Gasteiger partial charge in [-0.25, -0.2) is 0 Å². The minimum atomic E-state index is -6.47. The molecule has 0 N–H and O–H groups in total. The lowest BCUT2D eigenvalue weighted by Crippen LogP contribution is -2.52. The van der Waals surface area contributed by atoms with E-state index in [2.05, 4.69) is 0 Å². The molecule has 0 fully saturated rings. The van der Waals surface area contributed by atoms with Crippen LogP contribution in [-0.4, -0.2) is 42.2 Å². The summed E-state index contributed by atoms with van der Waals surface area (Å²) in [7, 11) is 0. The molecule has 0 aliphatic rings. The standard InChI is InChI=1S/C34H21F17/c35-28(36,31(41,42)34(49,50)51)16-19-1-3-22(4-2-19)23-5-7-24(8-6-23)25-9-11-26(12-10-25)27-14-20(17-29(37,38)32(43,44)45)13-21(15-27)18-30(39,40)33(46,47)48/h1-15H,16-18H2. The van der Waals surface area contributed by atoms with Crippen molar-refractivity contribution in [2.24, 2.45) is 0 Å². The van der Waals surface area contributed by atoms with E-state index in [1.165, 1.54) is 48.5 Å². The Balaban J connectivity index is 1.56. The van der Waals surface area contributed by atoms with Gasteiger partial charge in [0.2, 0.25) is 0 Å². The molecule has 4 rings (SSSR count). The van der Waals surface area contributed by atoms with Crippen LogP contribution in [0.3, 0.4) is 0 Å². The largest absolute Gasteiger partial charge is 0.459 e. The summed E-state index contributed by atoms with van der Waals surface area (Å²) in [4.78, 5) is 0. The number of hydrogen-bond donors (Lipinski definition) is 0. The first kappa shape index (κ1) is 39.5. The minimum Gasteiger partial charge on any atom is -0.199 e. The van der Waals surface area contributed by atoms with Gasteiger partial charge in [-0.3, -0.25) is 0 Å². The highest BCUT2D eigenvalue weighted by Gasteiger charge is 2.72. The van der Waals surface area contributed by atoms with E-state index in [0.29, 0.717) is 28.3 Å². The summed E-state index contributed by atoms with van der Waals surface area (Å²) in [6.07, 6.45) is -24.5. The summed E-state index contributed by atoms with van der Waals surface area (Å²) < 4.78 is 224. The second-order valence-corrected chi connectivity index (χ2v) is 11.6. The Hall–Kier alpha value is -4.31. The Morgan fingerprint density at radius 3 is 0.843 bits per heavy atom. The van der Waals surface area contributed by atoms with Gasteiger partial charge in [0.15, 0.2) is 0 Å². The molecule has 0 amide bonds. The van der Waals surface area contributed by atoms with Crippen molar-refractivity contribution in [3.63, 3.8) is 0 Å². The second-order valence-electron chi connectivity index (χ2n) is 11.6. The Kier molecular flexibility index (Phi) is 10.3. The number of benzene rings is 4. The molecule has 0 aliphatic heterocycles. The van der Waals surface area contributed by atoms with E-state index in [9.17, 15) is 74.6 Å². The van der Waals surface area contributed by atoms with Gasteiger partial charge in [0, 0.05) is 19.3 Å². The zero-order chi connectivity index (χ0) is 38.4. The lowest BCUT2D eigenvalue weighted by Gasteiger charge is -2.28. The van der Waals surface area contributed by atoms with Crippen molar-refractivity contribution in [2.45, 2.75) is 61.5 Å². The van der Waals surface area contributed by atoms with Crippen LogP contribution in [0.2, 0.25) is 0 Å². The van der Waals surface area contributed by atoms with E-state index in [0.717, 1.165) is 24.3 Å². The van der Waals surface area contributed by atoms with Crippen molar-refractivity contribution >= 4 is 0 Å². The van der Waals surface area contributed by atoms with Gasteiger partial charge in [-0.2, -0.15) is 74.6 Å². The van der Waals surface area contributed by atoms with Crippen LogP contribution in [0.25, 0.3) is 33.4 Å². The Morgan fingerprint density at radius 1 is 0.275 bits per heavy atom. The number of hydrogen-bond acceptors (Lipinski definition) is 0. The van der Waals surface area contributed by atoms with Crippen LogP contribution in [0.4, 0.5) is 74.6 Å². The topological polar surface area (TPSA) is 0 Å². The highest BCUT2D eigenvalue weighted by molar-refractivity contribution is 5.74. The first-order chi connectivity index (χ1) is 23.1. The molecule has 4 aromatic carbocycles. The molecule has 17 heteroatoms. The highest BCUT2D eigenvalue weighted by Crippen LogP contribution is 2.48. The van der Waals surface area contributed by atoms with Crippen molar-refractivity contribution < 1.29 is 74.6 Å². The van der Waals surface area contributed by atoms with Gasteiger partial charge in [-0.1, -0.05) is 91.0 Å². The first-order valence-electron chi connectivity index (χ1n) is 14.3. The minimum absolute atomic E-state index is 0.0720. The second kappa shape index (κ2) is 13.3. The maximum Gasteiger partial charge on any atom is 0.459 e. The van der Waals surface area contributed by atoms with Crippen molar-refractivity contribution in [1.29, 1.82) is 0 Å². The molecule has 0 saturated carbocycles. The fourth-order valence-electron chi connectivity index (χ4n) is 4.95. The molecule has 0 aliphatic carbocycles. The van der Waals surface area contributed by atoms with Gasteiger partial charge >= 0.3 is 42.2 Å². The molecule has 0 aromatic heterocycles. The van der Waals surface area contributed by atoms with Crippen molar-refractivity contribution in [1.82, 2.24) is 0 Å². The third-order valence-corrected chi connectivity index (χ3v) is 7.70. The van der Waals surface area contributed by atoms with Gasteiger partial charge in [-0.15, -0.1) is 0 Å². The van der Waals surface area contributed by atoms with E-state index >= 15 is 0 Å². The van der Waals surface area contributed by atoms with E-state index in [1.54, 1.807) is 12.1 Å². The molecule has 0 saturated heterocycles. The van der Waals surface area contributed by atoms with Gasteiger partial charge < -0.3 is 0 Å².